The number of hydrogen-bond acceptors (Lipinski definition) is 7. The molecule has 2 aromatic heterocycles. The van der Waals surface area contributed by atoms with Crippen LogP contribution in [0.5, 0.6) is 5.75 Å². The Morgan fingerprint density at radius 3 is 2.96 bits per heavy atom. The van der Waals surface area contributed by atoms with Crippen molar-refractivity contribution in [1.29, 1.82) is 0 Å². The third kappa shape index (κ3) is 4.17. The summed E-state index contributed by atoms with van der Waals surface area (Å²) >= 11 is 1.35. The number of hydrogen-bond donors (Lipinski definition) is 0. The van der Waals surface area contributed by atoms with Crippen LogP contribution in [0.3, 0.4) is 0 Å². The standard InChI is InChI=1S/C19H18N2O5S/c22-17-10-14(20-19-21(17)7-9-27-19)11-26-18(23)13-3-5-15(6-4-13)25-12-16-2-1-8-24-16/h3-7,9-10,16H,1-2,8,11-12H2/t16-/m0/s1. The van der Waals surface area contributed by atoms with E-state index >= 15 is 0 Å². The number of rotatable bonds is 6. The molecule has 0 spiro atoms. The van der Waals surface area contributed by atoms with Crippen molar-refractivity contribution in [1.82, 2.24) is 9.38 Å². The Morgan fingerprint density at radius 1 is 1.33 bits per heavy atom. The molecule has 0 saturated carbocycles. The monoisotopic (exact) mass is 386 g/mol. The van der Waals surface area contributed by atoms with Crippen LogP contribution in [-0.2, 0) is 16.1 Å². The maximum absolute atomic E-state index is 12.2. The van der Waals surface area contributed by atoms with Crippen molar-refractivity contribution in [2.24, 2.45) is 0 Å². The van der Waals surface area contributed by atoms with Crippen molar-refractivity contribution in [2.45, 2.75) is 25.6 Å². The minimum absolute atomic E-state index is 0.0558. The maximum atomic E-state index is 12.2. The van der Waals surface area contributed by atoms with Crippen LogP contribution in [0.15, 0.2) is 46.7 Å². The number of aromatic nitrogens is 2. The van der Waals surface area contributed by atoms with Crippen molar-refractivity contribution in [3.8, 4) is 5.75 Å². The molecule has 1 aliphatic rings. The Labute approximate surface area is 159 Å². The number of carbonyl (C=O) groups is 1. The fourth-order valence-electron chi connectivity index (χ4n) is 2.84. The number of fused-ring (bicyclic) bond motifs is 1. The van der Waals surface area contributed by atoms with Crippen LogP contribution in [0, 0.1) is 0 Å². The molecule has 0 unspecified atom stereocenters. The zero-order chi connectivity index (χ0) is 18.6. The van der Waals surface area contributed by atoms with Gasteiger partial charge in [-0.1, -0.05) is 0 Å². The molecule has 0 amide bonds. The van der Waals surface area contributed by atoms with Crippen molar-refractivity contribution in [2.75, 3.05) is 13.2 Å². The summed E-state index contributed by atoms with van der Waals surface area (Å²) in [5, 5.41) is 1.78. The van der Waals surface area contributed by atoms with E-state index in [-0.39, 0.29) is 18.3 Å². The molecule has 1 saturated heterocycles. The van der Waals surface area contributed by atoms with Crippen LogP contribution in [-0.4, -0.2) is 34.7 Å². The summed E-state index contributed by atoms with van der Waals surface area (Å²) in [5.74, 6) is 0.203. The molecule has 8 heteroatoms. The topological polar surface area (TPSA) is 79.1 Å². The second kappa shape index (κ2) is 7.89. The van der Waals surface area contributed by atoms with Crippen molar-refractivity contribution < 1.29 is 19.0 Å². The number of thiazole rings is 1. The normalized spacial score (nSPS) is 16.5. The van der Waals surface area contributed by atoms with Gasteiger partial charge in [-0.2, -0.15) is 0 Å². The summed E-state index contributed by atoms with van der Waals surface area (Å²) in [6, 6.07) is 8.13. The van der Waals surface area contributed by atoms with Crippen LogP contribution in [0.1, 0.15) is 28.9 Å². The molecule has 7 nitrogen and oxygen atoms in total. The maximum Gasteiger partial charge on any atom is 0.338 e. The Balaban J connectivity index is 1.33. The summed E-state index contributed by atoms with van der Waals surface area (Å²) in [7, 11) is 0. The Morgan fingerprint density at radius 2 is 2.19 bits per heavy atom. The lowest BCUT2D eigenvalue weighted by molar-refractivity contribution is 0.0467. The fraction of sp³-hybridized carbons (Fsp3) is 0.316. The first-order valence-corrected chi connectivity index (χ1v) is 9.54. The summed E-state index contributed by atoms with van der Waals surface area (Å²) in [4.78, 5) is 29.0. The van der Waals surface area contributed by atoms with E-state index in [0.29, 0.717) is 28.6 Å². The highest BCUT2D eigenvalue weighted by Crippen LogP contribution is 2.17. The van der Waals surface area contributed by atoms with Gasteiger partial charge in [0.05, 0.1) is 17.4 Å². The van der Waals surface area contributed by atoms with Gasteiger partial charge in [0.25, 0.3) is 5.56 Å². The van der Waals surface area contributed by atoms with Gasteiger partial charge in [-0.25, -0.2) is 9.78 Å². The molecule has 3 heterocycles. The summed E-state index contributed by atoms with van der Waals surface area (Å²) < 4.78 is 17.9. The molecular weight excluding hydrogens is 368 g/mol. The van der Waals surface area contributed by atoms with Gasteiger partial charge in [0, 0.05) is 24.3 Å². The van der Waals surface area contributed by atoms with E-state index in [0.717, 1.165) is 19.4 Å². The van der Waals surface area contributed by atoms with Gasteiger partial charge in [-0.15, -0.1) is 11.3 Å². The second-order valence-electron chi connectivity index (χ2n) is 6.19. The van der Waals surface area contributed by atoms with Gasteiger partial charge in [-0.3, -0.25) is 9.20 Å². The molecule has 3 aromatic rings. The molecule has 140 valence electrons. The van der Waals surface area contributed by atoms with Crippen LogP contribution < -0.4 is 10.3 Å². The molecule has 27 heavy (non-hydrogen) atoms. The van der Waals surface area contributed by atoms with Crippen LogP contribution in [0.4, 0.5) is 0 Å². The predicted octanol–water partition coefficient (Wildman–Crippen LogP) is 2.67. The third-order valence-electron chi connectivity index (χ3n) is 4.26. The quantitative estimate of drug-likeness (QED) is 0.606. The summed E-state index contributed by atoms with van der Waals surface area (Å²) in [6.45, 7) is 1.25. The number of carbonyl (C=O) groups excluding carboxylic acids is 1. The first-order chi connectivity index (χ1) is 13.2. The van der Waals surface area contributed by atoms with E-state index in [2.05, 4.69) is 4.98 Å². The van der Waals surface area contributed by atoms with Crippen molar-refractivity contribution in [3.63, 3.8) is 0 Å². The van der Waals surface area contributed by atoms with Crippen LogP contribution >= 0.6 is 11.3 Å². The Kier molecular flexibility index (Phi) is 5.17. The zero-order valence-electron chi connectivity index (χ0n) is 14.5. The smallest absolute Gasteiger partial charge is 0.338 e. The van der Waals surface area contributed by atoms with E-state index in [9.17, 15) is 9.59 Å². The largest absolute Gasteiger partial charge is 0.491 e. The van der Waals surface area contributed by atoms with E-state index < -0.39 is 5.97 Å². The lowest BCUT2D eigenvalue weighted by atomic mass is 10.2. The van der Waals surface area contributed by atoms with Gasteiger partial charge in [0.2, 0.25) is 0 Å². The number of ether oxygens (including phenoxy) is 3. The average molecular weight is 386 g/mol. The molecule has 1 aromatic carbocycles. The first-order valence-electron chi connectivity index (χ1n) is 8.66. The summed E-state index contributed by atoms with van der Waals surface area (Å²) in [5.41, 5.74) is 0.640. The van der Waals surface area contributed by atoms with E-state index in [1.807, 2.05) is 0 Å². The fourth-order valence-corrected chi connectivity index (χ4v) is 3.58. The van der Waals surface area contributed by atoms with Gasteiger partial charge in [-0.05, 0) is 37.1 Å². The number of benzene rings is 1. The number of nitrogens with zero attached hydrogens (tertiary/aromatic N) is 2. The SMILES string of the molecule is O=C(OCc1cc(=O)n2ccsc2n1)c1ccc(OC[C@@H]2CCCO2)cc1. The van der Waals surface area contributed by atoms with E-state index in [1.54, 1.807) is 35.8 Å². The molecule has 0 N–H and O–H groups in total. The van der Waals surface area contributed by atoms with Gasteiger partial charge >= 0.3 is 5.97 Å². The van der Waals surface area contributed by atoms with E-state index in [1.165, 1.54) is 21.8 Å². The molecule has 4 rings (SSSR count). The average Bonchev–Trinajstić information content (AvgIpc) is 3.37. The third-order valence-corrected chi connectivity index (χ3v) is 5.01. The van der Waals surface area contributed by atoms with Gasteiger partial charge in [0.1, 0.15) is 19.0 Å². The minimum atomic E-state index is -0.478. The van der Waals surface area contributed by atoms with Crippen LogP contribution in [0.2, 0.25) is 0 Å². The van der Waals surface area contributed by atoms with Crippen molar-refractivity contribution >= 4 is 22.3 Å². The van der Waals surface area contributed by atoms with Crippen LogP contribution in [0.25, 0.3) is 4.96 Å². The highest BCUT2D eigenvalue weighted by Gasteiger charge is 2.16. The van der Waals surface area contributed by atoms with Gasteiger partial charge < -0.3 is 14.2 Å². The second-order valence-corrected chi connectivity index (χ2v) is 7.06. The highest BCUT2D eigenvalue weighted by atomic mass is 32.1. The molecular formula is C19H18N2O5S. The predicted molar refractivity (Wildman–Crippen MR) is 99.4 cm³/mol. The van der Waals surface area contributed by atoms with E-state index in [4.69, 9.17) is 14.2 Å². The minimum Gasteiger partial charge on any atom is -0.491 e. The Hall–Kier alpha value is -2.71. The molecule has 0 aliphatic carbocycles. The first kappa shape index (κ1) is 17.7. The molecule has 0 bridgehead atoms. The zero-order valence-corrected chi connectivity index (χ0v) is 15.3. The molecule has 0 radical (unpaired) electrons. The van der Waals surface area contributed by atoms with Crippen molar-refractivity contribution in [3.05, 3.63) is 63.5 Å². The lowest BCUT2D eigenvalue weighted by Crippen LogP contribution is -2.16. The summed E-state index contributed by atoms with van der Waals surface area (Å²) in [6.07, 6.45) is 3.89. The highest BCUT2D eigenvalue weighted by molar-refractivity contribution is 7.15. The molecule has 1 aliphatic heterocycles. The lowest BCUT2D eigenvalue weighted by Gasteiger charge is -2.11. The Bertz CT molecular complexity index is 989. The van der Waals surface area contributed by atoms with Gasteiger partial charge in [0.15, 0.2) is 4.96 Å². The molecule has 1 atom stereocenters. The molecule has 1 fully saturated rings. The number of esters is 1.